The molecule has 0 unspecified atom stereocenters. The average Bonchev–Trinajstić information content (AvgIpc) is 3.14. The van der Waals surface area contributed by atoms with Crippen molar-refractivity contribution in [1.82, 2.24) is 14.3 Å². The van der Waals surface area contributed by atoms with Crippen LogP contribution < -0.4 is 4.90 Å². The van der Waals surface area contributed by atoms with Crippen LogP contribution in [0.25, 0.3) is 0 Å². The van der Waals surface area contributed by atoms with Gasteiger partial charge in [-0.15, -0.1) is 0 Å². The second-order valence-electron chi connectivity index (χ2n) is 6.58. The fourth-order valence-electron chi connectivity index (χ4n) is 4.05. The Bertz CT molecular complexity index is 813. The van der Waals surface area contributed by atoms with Gasteiger partial charge in [0.05, 0.1) is 18.5 Å². The van der Waals surface area contributed by atoms with Crippen molar-refractivity contribution in [2.24, 2.45) is 11.8 Å². The van der Waals surface area contributed by atoms with Gasteiger partial charge < -0.3 is 4.90 Å². The molecule has 6 nitrogen and oxygen atoms in total. The third-order valence-corrected chi connectivity index (χ3v) is 6.29. The van der Waals surface area contributed by atoms with E-state index in [0.717, 1.165) is 24.5 Å². The summed E-state index contributed by atoms with van der Waals surface area (Å²) >= 11 is 0. The van der Waals surface area contributed by atoms with Crippen LogP contribution in [0.2, 0.25) is 0 Å². The molecular weight excluding hydrogens is 324 g/mol. The van der Waals surface area contributed by atoms with Gasteiger partial charge in [0.1, 0.15) is 5.82 Å². The number of benzene rings is 1. The molecule has 0 spiro atoms. The molecule has 24 heavy (non-hydrogen) atoms. The number of sulfonamides is 1. The standard InChI is InChI=1S/C17H20N4O2S/c1-24(22,23)21-11-14-10-20(16-9-18-7-8-19-16)12-15(14)17(21)13-5-3-2-4-6-13/h2-9,14-15,17H,10-12H2,1H3/t14-,15-,17+/m1/s1. The molecule has 3 heterocycles. The van der Waals surface area contributed by atoms with Gasteiger partial charge in [0.2, 0.25) is 10.0 Å². The summed E-state index contributed by atoms with van der Waals surface area (Å²) in [5, 5.41) is 0. The summed E-state index contributed by atoms with van der Waals surface area (Å²) in [6, 6.07) is 9.85. The maximum atomic E-state index is 12.3. The van der Waals surface area contributed by atoms with E-state index < -0.39 is 10.0 Å². The van der Waals surface area contributed by atoms with E-state index in [1.54, 1.807) is 22.9 Å². The van der Waals surface area contributed by atoms with Gasteiger partial charge in [-0.05, 0) is 11.5 Å². The molecule has 126 valence electrons. The van der Waals surface area contributed by atoms with Crippen LogP contribution in [-0.2, 0) is 10.0 Å². The summed E-state index contributed by atoms with van der Waals surface area (Å²) in [7, 11) is -3.24. The van der Waals surface area contributed by atoms with Gasteiger partial charge in [-0.1, -0.05) is 30.3 Å². The highest BCUT2D eigenvalue weighted by Crippen LogP contribution is 2.46. The van der Waals surface area contributed by atoms with Crippen LogP contribution in [0.15, 0.2) is 48.9 Å². The Morgan fingerprint density at radius 3 is 2.54 bits per heavy atom. The summed E-state index contributed by atoms with van der Waals surface area (Å²) in [5.74, 6) is 1.45. The van der Waals surface area contributed by atoms with Crippen LogP contribution in [0.4, 0.5) is 5.82 Å². The summed E-state index contributed by atoms with van der Waals surface area (Å²) in [4.78, 5) is 10.7. The van der Waals surface area contributed by atoms with E-state index >= 15 is 0 Å². The zero-order chi connectivity index (χ0) is 16.7. The fraction of sp³-hybridized carbons (Fsp3) is 0.412. The fourth-order valence-corrected chi connectivity index (χ4v) is 5.21. The maximum absolute atomic E-state index is 12.3. The molecular formula is C17H20N4O2S. The average molecular weight is 344 g/mol. The Morgan fingerprint density at radius 2 is 1.88 bits per heavy atom. The molecule has 2 fully saturated rings. The minimum Gasteiger partial charge on any atom is -0.355 e. The summed E-state index contributed by atoms with van der Waals surface area (Å²) < 4.78 is 26.3. The van der Waals surface area contributed by atoms with Crippen LogP contribution in [0.5, 0.6) is 0 Å². The maximum Gasteiger partial charge on any atom is 0.211 e. The number of hydrogen-bond acceptors (Lipinski definition) is 5. The summed E-state index contributed by atoms with van der Waals surface area (Å²) in [5.41, 5.74) is 1.07. The number of aromatic nitrogens is 2. The zero-order valence-corrected chi connectivity index (χ0v) is 14.3. The van der Waals surface area contributed by atoms with Gasteiger partial charge in [0.15, 0.2) is 0 Å². The monoisotopic (exact) mass is 344 g/mol. The van der Waals surface area contributed by atoms with Crippen LogP contribution in [-0.4, -0.2) is 48.6 Å². The van der Waals surface area contributed by atoms with Crippen LogP contribution in [0.1, 0.15) is 11.6 Å². The first-order chi connectivity index (χ1) is 11.5. The molecule has 2 aliphatic rings. The first-order valence-corrected chi connectivity index (χ1v) is 9.91. The molecule has 0 radical (unpaired) electrons. The van der Waals surface area contributed by atoms with E-state index in [4.69, 9.17) is 0 Å². The number of hydrogen-bond donors (Lipinski definition) is 0. The second kappa shape index (κ2) is 5.82. The van der Waals surface area contributed by atoms with Gasteiger partial charge in [-0.2, -0.15) is 4.31 Å². The number of nitrogens with zero attached hydrogens (tertiary/aromatic N) is 4. The minimum atomic E-state index is -3.24. The Kier molecular flexibility index (Phi) is 3.77. The lowest BCUT2D eigenvalue weighted by Gasteiger charge is -2.28. The highest BCUT2D eigenvalue weighted by Gasteiger charge is 2.50. The first kappa shape index (κ1) is 15.5. The molecule has 0 amide bonds. The Morgan fingerprint density at radius 1 is 1.08 bits per heavy atom. The Hall–Kier alpha value is -1.99. The summed E-state index contributed by atoms with van der Waals surface area (Å²) in [6.07, 6.45) is 6.44. The largest absolute Gasteiger partial charge is 0.355 e. The van der Waals surface area contributed by atoms with E-state index in [1.165, 1.54) is 6.26 Å². The van der Waals surface area contributed by atoms with E-state index in [9.17, 15) is 8.42 Å². The van der Waals surface area contributed by atoms with Crippen molar-refractivity contribution in [2.75, 3.05) is 30.8 Å². The molecule has 1 aromatic heterocycles. The van der Waals surface area contributed by atoms with E-state index in [0.29, 0.717) is 12.5 Å². The smallest absolute Gasteiger partial charge is 0.211 e. The molecule has 3 atom stereocenters. The van der Waals surface area contributed by atoms with Gasteiger partial charge in [0, 0.05) is 37.9 Å². The quantitative estimate of drug-likeness (QED) is 0.845. The topological polar surface area (TPSA) is 66.4 Å². The molecule has 0 saturated carbocycles. The van der Waals surface area contributed by atoms with Gasteiger partial charge in [0.25, 0.3) is 0 Å². The molecule has 7 heteroatoms. The van der Waals surface area contributed by atoms with Crippen molar-refractivity contribution in [1.29, 1.82) is 0 Å². The van der Waals surface area contributed by atoms with E-state index in [2.05, 4.69) is 14.9 Å². The molecule has 4 rings (SSSR count). The van der Waals surface area contributed by atoms with Crippen molar-refractivity contribution >= 4 is 15.8 Å². The third kappa shape index (κ3) is 2.67. The third-order valence-electron chi connectivity index (χ3n) is 5.06. The highest BCUT2D eigenvalue weighted by molar-refractivity contribution is 7.88. The normalized spacial score (nSPS) is 27.4. The molecule has 2 aliphatic heterocycles. The Balaban J connectivity index is 1.67. The van der Waals surface area contributed by atoms with Gasteiger partial charge >= 0.3 is 0 Å². The van der Waals surface area contributed by atoms with Gasteiger partial charge in [-0.3, -0.25) is 4.98 Å². The lowest BCUT2D eigenvalue weighted by atomic mass is 9.90. The predicted molar refractivity (Wildman–Crippen MR) is 92.0 cm³/mol. The lowest BCUT2D eigenvalue weighted by molar-refractivity contribution is 0.352. The van der Waals surface area contributed by atoms with Crippen molar-refractivity contribution in [2.45, 2.75) is 6.04 Å². The summed E-state index contributed by atoms with van der Waals surface area (Å²) in [6.45, 7) is 2.19. The molecule has 1 aromatic carbocycles. The molecule has 2 saturated heterocycles. The molecule has 0 aliphatic carbocycles. The van der Waals surface area contributed by atoms with Crippen molar-refractivity contribution in [3.05, 3.63) is 54.5 Å². The van der Waals surface area contributed by atoms with Gasteiger partial charge in [-0.25, -0.2) is 13.4 Å². The molecule has 0 N–H and O–H groups in total. The van der Waals surface area contributed by atoms with Crippen molar-refractivity contribution in [3.63, 3.8) is 0 Å². The first-order valence-electron chi connectivity index (χ1n) is 8.07. The number of rotatable bonds is 3. The second-order valence-corrected chi connectivity index (χ2v) is 8.52. The minimum absolute atomic E-state index is 0.104. The van der Waals surface area contributed by atoms with Crippen molar-refractivity contribution < 1.29 is 8.42 Å². The van der Waals surface area contributed by atoms with Crippen LogP contribution in [0, 0.1) is 11.8 Å². The highest BCUT2D eigenvalue weighted by atomic mass is 32.2. The SMILES string of the molecule is CS(=O)(=O)N1C[C@H]2CN(c3cnccn3)C[C@H]2[C@@H]1c1ccccc1. The zero-order valence-electron chi connectivity index (χ0n) is 13.5. The van der Waals surface area contributed by atoms with E-state index in [-0.39, 0.29) is 12.0 Å². The van der Waals surface area contributed by atoms with Crippen LogP contribution >= 0.6 is 0 Å². The molecule has 0 bridgehead atoms. The Labute approximate surface area is 142 Å². The van der Waals surface area contributed by atoms with Crippen LogP contribution in [0.3, 0.4) is 0 Å². The predicted octanol–water partition coefficient (Wildman–Crippen LogP) is 1.55. The number of fused-ring (bicyclic) bond motifs is 1. The lowest BCUT2D eigenvalue weighted by Crippen LogP contribution is -2.35. The van der Waals surface area contributed by atoms with Crippen molar-refractivity contribution in [3.8, 4) is 0 Å². The van der Waals surface area contributed by atoms with E-state index in [1.807, 2.05) is 30.3 Å². The number of anilines is 1. The molecule has 2 aromatic rings.